The van der Waals surface area contributed by atoms with Gasteiger partial charge < -0.3 is 15.8 Å². The van der Waals surface area contributed by atoms with E-state index < -0.39 is 0 Å². The number of rotatable bonds is 6. The Morgan fingerprint density at radius 2 is 2.00 bits per heavy atom. The maximum Gasteiger partial charge on any atom is 0.223 e. The van der Waals surface area contributed by atoms with Gasteiger partial charge in [-0.15, -0.1) is 12.4 Å². The van der Waals surface area contributed by atoms with E-state index in [1.165, 1.54) is 42.4 Å². The summed E-state index contributed by atoms with van der Waals surface area (Å²) in [6.45, 7) is 3.48. The highest BCUT2D eigenvalue weighted by Gasteiger charge is 2.32. The van der Waals surface area contributed by atoms with Crippen molar-refractivity contribution in [2.45, 2.75) is 77.0 Å². The molecular weight excluding hydrogens is 348 g/mol. The van der Waals surface area contributed by atoms with Crippen molar-refractivity contribution in [3.63, 3.8) is 0 Å². The van der Waals surface area contributed by atoms with Gasteiger partial charge in [0.15, 0.2) is 0 Å². The second-order valence-corrected chi connectivity index (χ2v) is 7.61. The van der Waals surface area contributed by atoms with Crippen LogP contribution < -0.4 is 11.1 Å². The second kappa shape index (κ2) is 10.3. The zero-order chi connectivity index (χ0) is 17.6. The number of halogens is 1. The third-order valence-corrected chi connectivity index (χ3v) is 5.62. The summed E-state index contributed by atoms with van der Waals surface area (Å²) in [5, 5.41) is 3.12. The Balaban J connectivity index is 0.00000243. The van der Waals surface area contributed by atoms with Gasteiger partial charge in [-0.3, -0.25) is 4.79 Å². The van der Waals surface area contributed by atoms with E-state index in [0.717, 1.165) is 32.3 Å². The molecular formula is C21H33ClN2O2. The highest BCUT2D eigenvalue weighted by Crippen LogP contribution is 2.26. The molecule has 4 nitrogen and oxygen atoms in total. The topological polar surface area (TPSA) is 64.3 Å². The summed E-state index contributed by atoms with van der Waals surface area (Å²) in [4.78, 5) is 12.5. The van der Waals surface area contributed by atoms with Crippen LogP contribution in [0.5, 0.6) is 0 Å². The van der Waals surface area contributed by atoms with Crippen LogP contribution in [0.15, 0.2) is 18.2 Å². The largest absolute Gasteiger partial charge is 0.377 e. The maximum absolute atomic E-state index is 12.5. The Bertz CT molecular complexity index is 593. The average Bonchev–Trinajstić information content (AvgIpc) is 2.65. The summed E-state index contributed by atoms with van der Waals surface area (Å²) in [5.74, 6) is 0.163. The Labute approximate surface area is 163 Å². The summed E-state index contributed by atoms with van der Waals surface area (Å²) in [7, 11) is 0. The SMILES string of the molecule is CCCO[C@@H]1CC[C@H](C(=O)NCc2ccc3c(c2)CCCC3)C[C@H]1N.Cl. The van der Waals surface area contributed by atoms with Crippen molar-refractivity contribution in [1.82, 2.24) is 5.32 Å². The van der Waals surface area contributed by atoms with Crippen molar-refractivity contribution in [2.24, 2.45) is 11.7 Å². The molecule has 1 aromatic carbocycles. The van der Waals surface area contributed by atoms with Crippen molar-refractivity contribution in [3.05, 3.63) is 34.9 Å². The zero-order valence-electron chi connectivity index (χ0n) is 15.8. The van der Waals surface area contributed by atoms with E-state index in [-0.39, 0.29) is 36.4 Å². The molecule has 1 aromatic rings. The molecule has 1 amide bonds. The molecule has 1 saturated carbocycles. The lowest BCUT2D eigenvalue weighted by atomic mass is 9.83. The first-order valence-corrected chi connectivity index (χ1v) is 9.93. The molecule has 2 aliphatic carbocycles. The first kappa shape index (κ1) is 21.2. The van der Waals surface area contributed by atoms with Crippen LogP contribution in [0.2, 0.25) is 0 Å². The number of benzene rings is 1. The summed E-state index contributed by atoms with van der Waals surface area (Å²) in [6, 6.07) is 6.64. The van der Waals surface area contributed by atoms with Gasteiger partial charge in [0, 0.05) is 25.1 Å². The highest BCUT2D eigenvalue weighted by atomic mass is 35.5. The third-order valence-electron chi connectivity index (χ3n) is 5.62. The number of nitrogens with two attached hydrogens (primary N) is 1. The predicted molar refractivity (Wildman–Crippen MR) is 108 cm³/mol. The summed E-state index contributed by atoms with van der Waals surface area (Å²) in [6.07, 6.45) is 8.56. The highest BCUT2D eigenvalue weighted by molar-refractivity contribution is 5.85. The molecule has 3 atom stereocenters. The number of ether oxygens (including phenoxy) is 1. The van der Waals surface area contributed by atoms with Gasteiger partial charge in [0.25, 0.3) is 0 Å². The van der Waals surface area contributed by atoms with Crippen molar-refractivity contribution < 1.29 is 9.53 Å². The van der Waals surface area contributed by atoms with Crippen LogP contribution in [-0.4, -0.2) is 24.7 Å². The number of aryl methyl sites for hydroxylation is 2. The monoisotopic (exact) mass is 380 g/mol. The van der Waals surface area contributed by atoms with Gasteiger partial charge in [-0.1, -0.05) is 25.1 Å². The predicted octanol–water partition coefficient (Wildman–Crippen LogP) is 3.53. The summed E-state index contributed by atoms with van der Waals surface area (Å²) in [5.41, 5.74) is 10.4. The third kappa shape index (κ3) is 5.45. The number of carbonyl (C=O) groups excluding carboxylic acids is 1. The Morgan fingerprint density at radius 1 is 1.23 bits per heavy atom. The number of fused-ring (bicyclic) bond motifs is 1. The quantitative estimate of drug-likeness (QED) is 0.793. The minimum absolute atomic E-state index is 0. The van der Waals surface area contributed by atoms with E-state index in [1.54, 1.807) is 0 Å². The first-order chi connectivity index (χ1) is 12.2. The minimum Gasteiger partial charge on any atom is -0.377 e. The normalized spacial score (nSPS) is 25.1. The number of carbonyl (C=O) groups is 1. The summed E-state index contributed by atoms with van der Waals surface area (Å²) < 4.78 is 5.80. The van der Waals surface area contributed by atoms with Crippen LogP contribution in [0.25, 0.3) is 0 Å². The fourth-order valence-corrected chi connectivity index (χ4v) is 4.12. The molecule has 1 fully saturated rings. The zero-order valence-corrected chi connectivity index (χ0v) is 16.7. The van der Waals surface area contributed by atoms with Crippen molar-refractivity contribution >= 4 is 18.3 Å². The van der Waals surface area contributed by atoms with E-state index >= 15 is 0 Å². The van der Waals surface area contributed by atoms with Crippen LogP contribution in [0.1, 0.15) is 62.1 Å². The molecule has 146 valence electrons. The molecule has 0 aromatic heterocycles. The van der Waals surface area contributed by atoms with Gasteiger partial charge in [0.2, 0.25) is 5.91 Å². The van der Waals surface area contributed by atoms with Gasteiger partial charge in [-0.2, -0.15) is 0 Å². The lowest BCUT2D eigenvalue weighted by Crippen LogP contribution is -2.46. The number of nitrogens with one attached hydrogen (secondary N) is 1. The number of amides is 1. The molecule has 2 aliphatic rings. The molecule has 0 aliphatic heterocycles. The van der Waals surface area contributed by atoms with Gasteiger partial charge in [-0.25, -0.2) is 0 Å². The van der Waals surface area contributed by atoms with Gasteiger partial charge in [-0.05, 0) is 68.1 Å². The van der Waals surface area contributed by atoms with Crippen LogP contribution >= 0.6 is 12.4 Å². The van der Waals surface area contributed by atoms with E-state index in [2.05, 4.69) is 30.4 Å². The van der Waals surface area contributed by atoms with E-state index in [9.17, 15) is 4.79 Å². The molecule has 3 rings (SSSR count). The van der Waals surface area contributed by atoms with Crippen molar-refractivity contribution in [1.29, 1.82) is 0 Å². The van der Waals surface area contributed by atoms with Gasteiger partial charge in [0.05, 0.1) is 6.10 Å². The molecule has 0 radical (unpaired) electrons. The van der Waals surface area contributed by atoms with Crippen molar-refractivity contribution in [3.8, 4) is 0 Å². The standard InChI is InChI=1S/C21H32N2O2.ClH/c1-2-11-25-20-10-9-18(13-19(20)22)21(24)23-14-15-7-8-16-5-3-4-6-17(16)12-15;/h7-8,12,18-20H,2-6,9-11,13-14,22H2,1H3,(H,23,24);1H/t18-,19+,20+;/m0./s1. The van der Waals surface area contributed by atoms with Crippen LogP contribution in [0, 0.1) is 5.92 Å². The lowest BCUT2D eigenvalue weighted by Gasteiger charge is -2.33. The van der Waals surface area contributed by atoms with E-state index in [0.29, 0.717) is 6.54 Å². The van der Waals surface area contributed by atoms with E-state index in [1.807, 2.05) is 0 Å². The molecule has 3 N–H and O–H groups in total. The molecule has 0 heterocycles. The van der Waals surface area contributed by atoms with Crippen LogP contribution in [0.4, 0.5) is 0 Å². The van der Waals surface area contributed by atoms with Gasteiger partial charge in [0.1, 0.15) is 0 Å². The smallest absolute Gasteiger partial charge is 0.223 e. The summed E-state index contributed by atoms with van der Waals surface area (Å²) >= 11 is 0. The van der Waals surface area contributed by atoms with Crippen LogP contribution in [0.3, 0.4) is 0 Å². The Kier molecular flexibility index (Phi) is 8.39. The fraction of sp³-hybridized carbons (Fsp3) is 0.667. The number of hydrogen-bond acceptors (Lipinski definition) is 3. The fourth-order valence-electron chi connectivity index (χ4n) is 4.12. The Morgan fingerprint density at radius 3 is 2.73 bits per heavy atom. The molecule has 26 heavy (non-hydrogen) atoms. The molecule has 0 saturated heterocycles. The minimum atomic E-state index is -0.0280. The Hall–Kier alpha value is -1.10. The average molecular weight is 381 g/mol. The van der Waals surface area contributed by atoms with Crippen molar-refractivity contribution in [2.75, 3.05) is 6.61 Å². The van der Waals surface area contributed by atoms with Gasteiger partial charge >= 0.3 is 0 Å². The number of hydrogen-bond donors (Lipinski definition) is 2. The first-order valence-electron chi connectivity index (χ1n) is 9.93. The van der Waals surface area contributed by atoms with E-state index in [4.69, 9.17) is 10.5 Å². The molecule has 5 heteroatoms. The second-order valence-electron chi connectivity index (χ2n) is 7.61. The maximum atomic E-state index is 12.5. The molecule has 0 unspecified atom stereocenters. The molecule has 0 bridgehead atoms. The lowest BCUT2D eigenvalue weighted by molar-refractivity contribution is -0.127. The van der Waals surface area contributed by atoms with Crippen LogP contribution in [-0.2, 0) is 28.9 Å². The molecule has 0 spiro atoms.